The topological polar surface area (TPSA) is 17.1 Å². The Balaban J connectivity index is 3.79. The average molecular weight is 178 g/mol. The Bertz CT molecular complexity index is 79.7. The fraction of sp³-hybridized carbons (Fsp3) is 1.00. The van der Waals surface area contributed by atoms with Gasteiger partial charge in [-0.15, -0.1) is 0 Å². The third kappa shape index (κ3) is 2.08. The van der Waals surface area contributed by atoms with E-state index >= 15 is 0 Å². The molecule has 0 atom stereocenters. The van der Waals surface area contributed by atoms with Gasteiger partial charge in [-0.05, 0) is 0 Å². The summed E-state index contributed by atoms with van der Waals surface area (Å²) in [6.45, 7) is 6.10. The van der Waals surface area contributed by atoms with Crippen LogP contribution in [0, 0.1) is 0 Å². The SMILES string of the molecule is CC[As](=O)(CC)CC. The molecule has 0 aliphatic heterocycles. The van der Waals surface area contributed by atoms with Crippen molar-refractivity contribution in [2.75, 3.05) is 0 Å². The van der Waals surface area contributed by atoms with E-state index in [0.29, 0.717) is 0 Å². The molecule has 0 aromatic rings. The van der Waals surface area contributed by atoms with Crippen LogP contribution in [-0.4, -0.2) is 13.5 Å². The van der Waals surface area contributed by atoms with Crippen molar-refractivity contribution in [3.63, 3.8) is 0 Å². The third-order valence-corrected chi connectivity index (χ3v) is 8.98. The van der Waals surface area contributed by atoms with Crippen molar-refractivity contribution in [1.82, 2.24) is 0 Å². The Labute approximate surface area is 54.1 Å². The Kier molecular flexibility index (Phi) is 3.55. The molecule has 0 aliphatic rings. The molecular formula is C6H15AsO. The van der Waals surface area contributed by atoms with E-state index in [1.54, 1.807) is 0 Å². The summed E-state index contributed by atoms with van der Waals surface area (Å²) in [6, 6.07) is 0. The summed E-state index contributed by atoms with van der Waals surface area (Å²) in [5.74, 6) is 0. The zero-order valence-corrected chi connectivity index (χ0v) is 7.85. The Morgan fingerprint density at radius 1 is 1.00 bits per heavy atom. The summed E-state index contributed by atoms with van der Waals surface area (Å²) in [6.07, 6.45) is 0. The van der Waals surface area contributed by atoms with Crippen LogP contribution in [0.4, 0.5) is 0 Å². The molecular weight excluding hydrogens is 163 g/mol. The maximum absolute atomic E-state index is 11.4. The van der Waals surface area contributed by atoms with Gasteiger partial charge in [0.25, 0.3) is 0 Å². The Morgan fingerprint density at radius 3 is 1.25 bits per heavy atom. The van der Waals surface area contributed by atoms with Crippen molar-refractivity contribution < 1.29 is 3.74 Å². The van der Waals surface area contributed by atoms with Crippen molar-refractivity contribution in [3.05, 3.63) is 0 Å². The van der Waals surface area contributed by atoms with Crippen molar-refractivity contribution in [1.29, 1.82) is 0 Å². The minimum atomic E-state index is -2.23. The molecule has 0 saturated heterocycles. The molecule has 0 fully saturated rings. The summed E-state index contributed by atoms with van der Waals surface area (Å²) in [5, 5.41) is 2.81. The predicted octanol–water partition coefficient (Wildman–Crippen LogP) is 2.42. The molecule has 0 aromatic heterocycles. The van der Waals surface area contributed by atoms with Crippen LogP contribution in [0.25, 0.3) is 0 Å². The first kappa shape index (κ1) is 8.36. The summed E-state index contributed by atoms with van der Waals surface area (Å²) in [4.78, 5) is 0. The van der Waals surface area contributed by atoms with E-state index < -0.39 is 13.5 Å². The molecule has 0 spiro atoms. The molecule has 0 heterocycles. The molecule has 50 valence electrons. The van der Waals surface area contributed by atoms with Crippen LogP contribution in [0.3, 0.4) is 0 Å². The Morgan fingerprint density at radius 2 is 1.25 bits per heavy atom. The molecule has 8 heavy (non-hydrogen) atoms. The van der Waals surface area contributed by atoms with E-state index in [2.05, 4.69) is 0 Å². The molecule has 0 N–H and O–H groups in total. The first-order valence-corrected chi connectivity index (χ1v) is 8.00. The van der Waals surface area contributed by atoms with E-state index in [0.717, 1.165) is 15.6 Å². The monoisotopic (exact) mass is 178 g/mol. The zero-order valence-electron chi connectivity index (χ0n) is 5.98. The van der Waals surface area contributed by atoms with Crippen LogP contribution in [-0.2, 0) is 3.74 Å². The molecule has 0 radical (unpaired) electrons. The summed E-state index contributed by atoms with van der Waals surface area (Å²) < 4.78 is 11.4. The van der Waals surface area contributed by atoms with Crippen LogP contribution in [0.15, 0.2) is 0 Å². The summed E-state index contributed by atoms with van der Waals surface area (Å²) in [7, 11) is 0. The van der Waals surface area contributed by atoms with Gasteiger partial charge in [-0.2, -0.15) is 0 Å². The van der Waals surface area contributed by atoms with Crippen LogP contribution in [0.5, 0.6) is 0 Å². The third-order valence-electron chi connectivity index (χ3n) is 1.73. The molecule has 0 unspecified atom stereocenters. The van der Waals surface area contributed by atoms with Gasteiger partial charge in [0.1, 0.15) is 0 Å². The molecule has 0 aliphatic carbocycles. The van der Waals surface area contributed by atoms with Crippen LogP contribution >= 0.6 is 0 Å². The molecule has 0 aromatic carbocycles. The average Bonchev–Trinajstić information content (AvgIpc) is 1.87. The minimum absolute atomic E-state index is 0.936. The second kappa shape index (κ2) is 3.40. The van der Waals surface area contributed by atoms with Gasteiger partial charge in [0.05, 0.1) is 0 Å². The van der Waals surface area contributed by atoms with Crippen molar-refractivity contribution in [2.45, 2.75) is 36.4 Å². The number of rotatable bonds is 3. The fourth-order valence-electron chi connectivity index (χ4n) is 0.671. The second-order valence-electron chi connectivity index (χ2n) is 2.01. The quantitative estimate of drug-likeness (QED) is 0.606. The van der Waals surface area contributed by atoms with Crippen molar-refractivity contribution in [2.24, 2.45) is 0 Å². The first-order valence-electron chi connectivity index (χ1n) is 3.25. The molecule has 0 rings (SSSR count). The first-order chi connectivity index (χ1) is 3.68. The summed E-state index contributed by atoms with van der Waals surface area (Å²) >= 11 is -2.23. The maximum atomic E-state index is 11.4. The fourth-order valence-corrected chi connectivity index (χ4v) is 3.49. The summed E-state index contributed by atoms with van der Waals surface area (Å²) in [5.41, 5.74) is 0. The van der Waals surface area contributed by atoms with Gasteiger partial charge in [-0.3, -0.25) is 0 Å². The van der Waals surface area contributed by atoms with Gasteiger partial charge < -0.3 is 0 Å². The Hall–Kier alpha value is 0.358. The van der Waals surface area contributed by atoms with E-state index in [1.807, 2.05) is 20.8 Å². The standard InChI is InChI=1S/C6H15AsO/c1-4-7(8,5-2)6-3/h4-6H2,1-3H3. The zero-order chi connectivity index (χ0) is 6.62. The van der Waals surface area contributed by atoms with Gasteiger partial charge >= 0.3 is 53.6 Å². The van der Waals surface area contributed by atoms with Crippen LogP contribution < -0.4 is 0 Å². The van der Waals surface area contributed by atoms with Gasteiger partial charge in [0, 0.05) is 0 Å². The molecule has 0 amide bonds. The van der Waals surface area contributed by atoms with E-state index in [9.17, 15) is 3.74 Å². The molecule has 0 saturated carbocycles. The molecule has 0 bridgehead atoms. The number of hydrogen-bond donors (Lipinski definition) is 0. The second-order valence-corrected chi connectivity index (χ2v) is 10.4. The van der Waals surface area contributed by atoms with Crippen molar-refractivity contribution in [3.8, 4) is 0 Å². The van der Waals surface area contributed by atoms with Crippen LogP contribution in [0.2, 0.25) is 15.6 Å². The molecule has 1 nitrogen and oxygen atoms in total. The van der Waals surface area contributed by atoms with E-state index in [-0.39, 0.29) is 0 Å². The van der Waals surface area contributed by atoms with Gasteiger partial charge in [-0.1, -0.05) is 0 Å². The van der Waals surface area contributed by atoms with E-state index in [4.69, 9.17) is 0 Å². The molecule has 2 heteroatoms. The van der Waals surface area contributed by atoms with E-state index in [1.165, 1.54) is 0 Å². The van der Waals surface area contributed by atoms with Crippen LogP contribution in [0.1, 0.15) is 20.8 Å². The van der Waals surface area contributed by atoms with Gasteiger partial charge in [0.15, 0.2) is 0 Å². The van der Waals surface area contributed by atoms with Gasteiger partial charge in [0.2, 0.25) is 0 Å². The van der Waals surface area contributed by atoms with Crippen molar-refractivity contribution >= 4 is 13.5 Å². The predicted molar refractivity (Wildman–Crippen MR) is 37.9 cm³/mol. The normalized spacial score (nSPS) is 11.9. The number of hydrogen-bond acceptors (Lipinski definition) is 1. The van der Waals surface area contributed by atoms with Gasteiger partial charge in [-0.25, -0.2) is 0 Å².